The number of hydrogen-bond donors (Lipinski definition) is 1. The van der Waals surface area contributed by atoms with Gasteiger partial charge in [0.25, 0.3) is 0 Å². The average molecular weight is 405 g/mol. The van der Waals surface area contributed by atoms with E-state index in [0.717, 1.165) is 54.0 Å². The van der Waals surface area contributed by atoms with Gasteiger partial charge in [-0.3, -0.25) is 0 Å². The fourth-order valence-corrected chi connectivity index (χ4v) is 4.01. The summed E-state index contributed by atoms with van der Waals surface area (Å²) in [5.74, 6) is 2.08. The Kier molecular flexibility index (Phi) is 6.12. The summed E-state index contributed by atoms with van der Waals surface area (Å²) in [4.78, 5) is 23.9. The minimum atomic E-state index is -0.344. The Bertz CT molecular complexity index is 1020. The molecule has 0 aliphatic carbocycles. The van der Waals surface area contributed by atoms with Crippen molar-refractivity contribution in [3.63, 3.8) is 0 Å². The average Bonchev–Trinajstić information content (AvgIpc) is 2.78. The summed E-state index contributed by atoms with van der Waals surface area (Å²) in [5, 5.41) is 3.96. The van der Waals surface area contributed by atoms with Crippen molar-refractivity contribution in [1.82, 2.24) is 15.3 Å². The predicted octanol–water partition coefficient (Wildman–Crippen LogP) is 4.57. The van der Waals surface area contributed by atoms with Gasteiger partial charge in [0, 0.05) is 30.6 Å². The van der Waals surface area contributed by atoms with E-state index in [4.69, 9.17) is 14.7 Å². The smallest absolute Gasteiger partial charge is 0.407 e. The van der Waals surface area contributed by atoms with E-state index in [1.807, 2.05) is 37.3 Å². The van der Waals surface area contributed by atoms with Crippen LogP contribution in [0.3, 0.4) is 0 Å². The Hall–Kier alpha value is -3.15. The zero-order valence-electron chi connectivity index (χ0n) is 17.6. The van der Waals surface area contributed by atoms with Gasteiger partial charge >= 0.3 is 6.09 Å². The standard InChI is InChI=1S/C24H28N4O2/c1-3-30-24(29)25-15-18-8-7-13-28(16-18)23-20-12-11-17(2)14-21(20)26-22(27-23)19-9-5-4-6-10-19/h4-6,9-12,14,18H,3,7-8,13,15-16H2,1-2H3,(H,25,29)/t18-/m0/s1. The number of carbonyl (C=O) groups excluding carboxylic acids is 1. The van der Waals surface area contributed by atoms with Crippen LogP contribution < -0.4 is 10.2 Å². The third-order valence-electron chi connectivity index (χ3n) is 5.49. The van der Waals surface area contributed by atoms with Gasteiger partial charge in [-0.25, -0.2) is 14.8 Å². The van der Waals surface area contributed by atoms with E-state index in [-0.39, 0.29) is 6.09 Å². The maximum atomic E-state index is 11.7. The Labute approximate surface area is 177 Å². The van der Waals surface area contributed by atoms with E-state index in [9.17, 15) is 4.79 Å². The number of fused-ring (bicyclic) bond motifs is 1. The maximum absolute atomic E-state index is 11.7. The number of alkyl carbamates (subject to hydrolysis) is 1. The lowest BCUT2D eigenvalue weighted by Gasteiger charge is -2.34. The Balaban J connectivity index is 1.64. The number of anilines is 1. The third-order valence-corrected chi connectivity index (χ3v) is 5.49. The summed E-state index contributed by atoms with van der Waals surface area (Å²) >= 11 is 0. The number of rotatable bonds is 5. The van der Waals surface area contributed by atoms with Crippen LogP contribution in [0.15, 0.2) is 48.5 Å². The van der Waals surface area contributed by atoms with Gasteiger partial charge in [0.2, 0.25) is 0 Å². The fourth-order valence-electron chi connectivity index (χ4n) is 4.01. The van der Waals surface area contributed by atoms with Gasteiger partial charge < -0.3 is 15.0 Å². The zero-order valence-corrected chi connectivity index (χ0v) is 17.6. The van der Waals surface area contributed by atoms with Crippen molar-refractivity contribution in [2.24, 2.45) is 5.92 Å². The molecule has 3 aromatic rings. The molecular formula is C24H28N4O2. The molecule has 1 atom stereocenters. The van der Waals surface area contributed by atoms with Crippen LogP contribution in [0.4, 0.5) is 10.6 Å². The van der Waals surface area contributed by atoms with Crippen LogP contribution in [0.2, 0.25) is 0 Å². The highest BCUT2D eigenvalue weighted by atomic mass is 16.5. The predicted molar refractivity (Wildman–Crippen MR) is 120 cm³/mol. The van der Waals surface area contributed by atoms with Crippen LogP contribution in [0, 0.1) is 12.8 Å². The first-order chi connectivity index (χ1) is 14.6. The van der Waals surface area contributed by atoms with Gasteiger partial charge in [0.1, 0.15) is 5.82 Å². The van der Waals surface area contributed by atoms with Crippen molar-refractivity contribution in [2.45, 2.75) is 26.7 Å². The highest BCUT2D eigenvalue weighted by Gasteiger charge is 2.24. The summed E-state index contributed by atoms with van der Waals surface area (Å²) in [6.45, 7) is 6.69. The molecule has 0 spiro atoms. The monoisotopic (exact) mass is 404 g/mol. The number of piperidine rings is 1. The van der Waals surface area contributed by atoms with Gasteiger partial charge in [0.15, 0.2) is 5.82 Å². The summed E-state index contributed by atoms with van der Waals surface area (Å²) in [5.41, 5.74) is 3.16. The van der Waals surface area contributed by atoms with Gasteiger partial charge in [-0.2, -0.15) is 0 Å². The first kappa shape index (κ1) is 20.1. The molecule has 1 aliphatic heterocycles. The second-order valence-electron chi connectivity index (χ2n) is 7.81. The van der Waals surface area contributed by atoms with Gasteiger partial charge in [-0.05, 0) is 50.3 Å². The molecule has 0 radical (unpaired) electrons. The number of ether oxygens (including phenoxy) is 1. The Morgan fingerprint density at radius 3 is 2.83 bits per heavy atom. The first-order valence-corrected chi connectivity index (χ1v) is 10.6. The molecule has 1 aromatic heterocycles. The molecule has 0 unspecified atom stereocenters. The SMILES string of the molecule is CCOC(=O)NC[C@@H]1CCCN(c2nc(-c3ccccc3)nc3cc(C)ccc23)C1. The van der Waals surface area contributed by atoms with Crippen LogP contribution in [-0.2, 0) is 4.74 Å². The number of nitrogens with one attached hydrogen (secondary N) is 1. The highest BCUT2D eigenvalue weighted by molar-refractivity contribution is 5.91. The molecule has 6 heteroatoms. The third kappa shape index (κ3) is 4.53. The second kappa shape index (κ2) is 9.11. The van der Waals surface area contributed by atoms with E-state index >= 15 is 0 Å². The van der Waals surface area contributed by atoms with Crippen molar-refractivity contribution in [2.75, 3.05) is 31.1 Å². The molecule has 1 N–H and O–H groups in total. The lowest BCUT2D eigenvalue weighted by atomic mass is 9.97. The van der Waals surface area contributed by atoms with Crippen molar-refractivity contribution < 1.29 is 9.53 Å². The molecule has 1 saturated heterocycles. The van der Waals surface area contributed by atoms with E-state index in [1.54, 1.807) is 0 Å². The molecule has 1 aliphatic rings. The number of hydrogen-bond acceptors (Lipinski definition) is 5. The molecule has 1 amide bonds. The van der Waals surface area contributed by atoms with Crippen LogP contribution in [0.1, 0.15) is 25.3 Å². The van der Waals surface area contributed by atoms with Crippen LogP contribution in [0.5, 0.6) is 0 Å². The van der Waals surface area contributed by atoms with Crippen molar-refractivity contribution in [1.29, 1.82) is 0 Å². The Morgan fingerprint density at radius 2 is 2.03 bits per heavy atom. The number of carbonyl (C=O) groups is 1. The molecular weight excluding hydrogens is 376 g/mol. The first-order valence-electron chi connectivity index (χ1n) is 10.6. The van der Waals surface area contributed by atoms with Crippen molar-refractivity contribution in [3.8, 4) is 11.4 Å². The van der Waals surface area contributed by atoms with E-state index in [0.29, 0.717) is 19.1 Å². The van der Waals surface area contributed by atoms with Gasteiger partial charge in [-0.1, -0.05) is 36.4 Å². The van der Waals surface area contributed by atoms with Crippen LogP contribution in [0.25, 0.3) is 22.3 Å². The van der Waals surface area contributed by atoms with Gasteiger partial charge in [-0.15, -0.1) is 0 Å². The number of aromatic nitrogens is 2. The summed E-state index contributed by atoms with van der Waals surface area (Å²) in [6, 6.07) is 16.5. The van der Waals surface area contributed by atoms with Crippen molar-refractivity contribution >= 4 is 22.8 Å². The number of aryl methyl sites for hydroxylation is 1. The minimum Gasteiger partial charge on any atom is -0.450 e. The van der Waals surface area contributed by atoms with Crippen LogP contribution >= 0.6 is 0 Å². The maximum Gasteiger partial charge on any atom is 0.407 e. The zero-order chi connectivity index (χ0) is 20.9. The summed E-state index contributed by atoms with van der Waals surface area (Å²) in [7, 11) is 0. The lowest BCUT2D eigenvalue weighted by molar-refractivity contribution is 0.150. The second-order valence-corrected chi connectivity index (χ2v) is 7.81. The lowest BCUT2D eigenvalue weighted by Crippen LogP contribution is -2.41. The normalized spacial score (nSPS) is 16.5. The fraction of sp³-hybridized carbons (Fsp3) is 0.375. The summed E-state index contributed by atoms with van der Waals surface area (Å²) in [6.07, 6.45) is 1.80. The molecule has 4 rings (SSSR count). The molecule has 2 heterocycles. The number of benzene rings is 2. The molecule has 0 bridgehead atoms. The van der Waals surface area contributed by atoms with Crippen molar-refractivity contribution in [3.05, 3.63) is 54.1 Å². The molecule has 156 valence electrons. The molecule has 1 fully saturated rings. The van der Waals surface area contributed by atoms with Gasteiger partial charge in [0.05, 0.1) is 12.1 Å². The summed E-state index contributed by atoms with van der Waals surface area (Å²) < 4.78 is 4.99. The largest absolute Gasteiger partial charge is 0.450 e. The Morgan fingerprint density at radius 1 is 1.20 bits per heavy atom. The molecule has 6 nitrogen and oxygen atoms in total. The molecule has 0 saturated carbocycles. The van der Waals surface area contributed by atoms with E-state index < -0.39 is 0 Å². The van der Waals surface area contributed by atoms with Crippen LogP contribution in [-0.4, -0.2) is 42.3 Å². The number of amides is 1. The van der Waals surface area contributed by atoms with E-state index in [1.165, 1.54) is 5.56 Å². The highest BCUT2D eigenvalue weighted by Crippen LogP contribution is 2.31. The topological polar surface area (TPSA) is 67.3 Å². The molecule has 30 heavy (non-hydrogen) atoms. The molecule has 2 aromatic carbocycles. The minimum absolute atomic E-state index is 0.344. The quantitative estimate of drug-likeness (QED) is 0.675. The van der Waals surface area contributed by atoms with E-state index in [2.05, 4.69) is 35.3 Å². The number of nitrogens with zero attached hydrogens (tertiary/aromatic N) is 3.